The van der Waals surface area contributed by atoms with Crippen molar-refractivity contribution in [3.05, 3.63) is 218 Å². The molecule has 0 amide bonds. The van der Waals surface area contributed by atoms with E-state index in [1.54, 1.807) is 0 Å². The van der Waals surface area contributed by atoms with Gasteiger partial charge in [0, 0.05) is 10.8 Å². The fourth-order valence-corrected chi connectivity index (χ4v) is 18.3. The van der Waals surface area contributed by atoms with Crippen molar-refractivity contribution in [2.24, 2.45) is 0 Å². The van der Waals surface area contributed by atoms with Crippen LogP contribution in [0.5, 0.6) is 0 Å². The van der Waals surface area contributed by atoms with Gasteiger partial charge < -0.3 is 0 Å². The van der Waals surface area contributed by atoms with Crippen LogP contribution in [0, 0.1) is 0 Å². The van der Waals surface area contributed by atoms with E-state index in [0.717, 1.165) is 0 Å². The molecule has 0 aliphatic heterocycles. The first kappa shape index (κ1) is 33.5. The van der Waals surface area contributed by atoms with Gasteiger partial charge in [0.05, 0.1) is 11.0 Å². The first-order valence-corrected chi connectivity index (χ1v) is 23.6. The van der Waals surface area contributed by atoms with Crippen molar-refractivity contribution < 1.29 is 0 Å². The fraction of sp³-hybridized carbons (Fsp3) is 0. The summed E-state index contributed by atoms with van der Waals surface area (Å²) in [5, 5.41) is 13.5. The zero-order chi connectivity index (χ0) is 38.2. The third kappa shape index (κ3) is 4.83. The summed E-state index contributed by atoms with van der Waals surface area (Å²) >= 11 is 0.197. The summed E-state index contributed by atoms with van der Waals surface area (Å²) in [5.74, 6) is 0. The third-order valence-corrected chi connectivity index (χ3v) is 20.0. The average Bonchev–Trinajstić information content (AvgIpc) is 3.96. The molecule has 272 valence electrons. The van der Waals surface area contributed by atoms with Crippen LogP contribution in [0.4, 0.5) is 0 Å². The van der Waals surface area contributed by atoms with Gasteiger partial charge in [-0.15, -0.1) is 0 Å². The molecule has 2 nitrogen and oxygen atoms in total. The Kier molecular flexibility index (Phi) is 7.61. The van der Waals surface area contributed by atoms with E-state index in [0.29, 0.717) is 0 Å². The van der Waals surface area contributed by atoms with Gasteiger partial charge in [-0.1, -0.05) is 36.4 Å². The number of aromatic nitrogens is 2. The average molecular weight is 820 g/mol. The van der Waals surface area contributed by atoms with Crippen LogP contribution >= 0.6 is 0 Å². The number of nitrogens with zero attached hydrogens (tertiary/aromatic N) is 2. The molecule has 3 heterocycles. The van der Waals surface area contributed by atoms with Crippen LogP contribution in [0.3, 0.4) is 0 Å². The Hall–Kier alpha value is -6.68. The molecule has 9 aromatic carbocycles. The molecule has 12 rings (SSSR count). The zero-order valence-corrected chi connectivity index (χ0v) is 34.3. The molecule has 0 radical (unpaired) electrons. The molecule has 0 saturated heterocycles. The molecule has 0 fully saturated rings. The van der Waals surface area contributed by atoms with Crippen LogP contribution in [0.1, 0.15) is 0 Å². The number of rotatable bonds is 6. The third-order valence-electron chi connectivity index (χ3n) is 12.3. The molecule has 0 bridgehead atoms. The van der Waals surface area contributed by atoms with Gasteiger partial charge in [-0.25, -0.2) is 0 Å². The second kappa shape index (κ2) is 13.2. The minimum atomic E-state index is -2.87. The Bertz CT molecular complexity index is 3430. The van der Waals surface area contributed by atoms with E-state index >= 15 is 0 Å². The standard InChI is InChI=1S/C54H36N2SeSi/c1-3-18-39(19-4-1)58(40-20-5-2-6-21-40,53-32-16-27-46-45-26-10-14-31-52(45)57-54(46)53)41-22-15-17-37(35-41)55-50-30-13-9-25-44(50)47-36-38(33-34-51(47)55)56-48-28-11-7-23-42(48)43-24-8-12-29-49(43)56/h1-36H. The van der Waals surface area contributed by atoms with Crippen LogP contribution in [0.25, 0.3) is 74.3 Å². The second-order valence-electron chi connectivity index (χ2n) is 15.2. The molecular formula is C54H36N2SeSi. The van der Waals surface area contributed by atoms with E-state index in [9.17, 15) is 0 Å². The predicted octanol–water partition coefficient (Wildman–Crippen LogP) is 10.6. The molecule has 58 heavy (non-hydrogen) atoms. The van der Waals surface area contributed by atoms with Gasteiger partial charge in [-0.05, 0) is 12.1 Å². The van der Waals surface area contributed by atoms with Gasteiger partial charge in [0.25, 0.3) is 0 Å². The number of para-hydroxylation sites is 3. The monoisotopic (exact) mass is 820 g/mol. The summed E-state index contributed by atoms with van der Waals surface area (Å²) in [6, 6.07) is 82.0. The van der Waals surface area contributed by atoms with E-state index in [-0.39, 0.29) is 14.5 Å². The van der Waals surface area contributed by atoms with Crippen molar-refractivity contribution in [2.75, 3.05) is 0 Å². The Morgan fingerprint density at radius 3 is 1.41 bits per heavy atom. The normalized spacial score (nSPS) is 12.1. The van der Waals surface area contributed by atoms with E-state index < -0.39 is 8.07 Å². The number of hydrogen-bond acceptors (Lipinski definition) is 0. The Morgan fingerprint density at radius 2 is 0.776 bits per heavy atom. The SMILES string of the molecule is c1ccc([Si](c2ccccc2)(c2cccc(-n3c4ccccc4c4cc(-n5c6ccccc6c6ccccc65)ccc43)c2)c2cccc3c2[se]c2ccccc23)cc1. The molecule has 0 atom stereocenters. The van der Waals surface area contributed by atoms with Crippen molar-refractivity contribution in [1.82, 2.24) is 9.13 Å². The predicted molar refractivity (Wildman–Crippen MR) is 251 cm³/mol. The maximum atomic E-state index is 2.52. The summed E-state index contributed by atoms with van der Waals surface area (Å²) in [6.45, 7) is 0. The quantitative estimate of drug-likeness (QED) is 0.117. The fourth-order valence-electron chi connectivity index (χ4n) is 9.84. The molecule has 0 spiro atoms. The summed E-state index contributed by atoms with van der Waals surface area (Å²) in [7, 11) is -2.87. The summed E-state index contributed by atoms with van der Waals surface area (Å²) in [5.41, 5.74) is 7.20. The molecule has 0 N–H and O–H groups in total. The first-order chi connectivity index (χ1) is 28.8. The molecule has 0 aliphatic rings. The molecule has 3 aromatic heterocycles. The van der Waals surface area contributed by atoms with Gasteiger partial charge in [0.15, 0.2) is 0 Å². The molecule has 4 heteroatoms. The van der Waals surface area contributed by atoms with Crippen LogP contribution in [-0.4, -0.2) is 31.7 Å². The van der Waals surface area contributed by atoms with Crippen molar-refractivity contribution in [3.8, 4) is 11.4 Å². The number of fused-ring (bicyclic) bond motifs is 9. The van der Waals surface area contributed by atoms with E-state index in [1.165, 1.54) is 95.0 Å². The van der Waals surface area contributed by atoms with Crippen LogP contribution in [0.2, 0.25) is 0 Å². The van der Waals surface area contributed by atoms with Gasteiger partial charge in [0.1, 0.15) is 0 Å². The van der Waals surface area contributed by atoms with Crippen LogP contribution in [0.15, 0.2) is 218 Å². The maximum absolute atomic E-state index is 2.87. The Morgan fingerprint density at radius 1 is 0.310 bits per heavy atom. The molecule has 12 aromatic rings. The van der Waals surface area contributed by atoms with Crippen LogP contribution < -0.4 is 20.7 Å². The molecule has 0 aliphatic carbocycles. The Labute approximate surface area is 343 Å². The first-order valence-electron chi connectivity index (χ1n) is 19.9. The van der Waals surface area contributed by atoms with Crippen molar-refractivity contribution in [1.29, 1.82) is 0 Å². The molecular weight excluding hydrogens is 784 g/mol. The zero-order valence-electron chi connectivity index (χ0n) is 31.6. The van der Waals surface area contributed by atoms with Crippen molar-refractivity contribution in [3.63, 3.8) is 0 Å². The molecule has 0 saturated carbocycles. The number of hydrogen-bond donors (Lipinski definition) is 0. The number of benzene rings is 9. The van der Waals surface area contributed by atoms with Crippen LogP contribution in [-0.2, 0) is 0 Å². The summed E-state index contributed by atoms with van der Waals surface area (Å²) in [6.07, 6.45) is 0. The van der Waals surface area contributed by atoms with E-state index in [4.69, 9.17) is 0 Å². The van der Waals surface area contributed by atoms with E-state index in [2.05, 4.69) is 228 Å². The second-order valence-corrected chi connectivity index (χ2v) is 21.2. The van der Waals surface area contributed by atoms with Gasteiger partial charge in [-0.3, -0.25) is 0 Å². The summed E-state index contributed by atoms with van der Waals surface area (Å²) in [4.78, 5) is 0. The van der Waals surface area contributed by atoms with Gasteiger partial charge in [-0.2, -0.15) is 0 Å². The topological polar surface area (TPSA) is 9.86 Å². The molecule has 0 unspecified atom stereocenters. The van der Waals surface area contributed by atoms with E-state index in [1.807, 2.05) is 0 Å². The van der Waals surface area contributed by atoms with Crippen molar-refractivity contribution in [2.45, 2.75) is 0 Å². The Balaban J connectivity index is 1.13. The van der Waals surface area contributed by atoms with Gasteiger partial charge in [0.2, 0.25) is 0 Å². The van der Waals surface area contributed by atoms with Crippen molar-refractivity contribution >= 4 is 106 Å². The van der Waals surface area contributed by atoms with Gasteiger partial charge >= 0.3 is 275 Å². The summed E-state index contributed by atoms with van der Waals surface area (Å²) < 4.78 is 7.92. The minimum absolute atomic E-state index is 0.197.